The number of benzene rings is 2. The molecule has 0 N–H and O–H groups in total. The van der Waals surface area contributed by atoms with Crippen LogP contribution >= 0.6 is 0 Å². The lowest BCUT2D eigenvalue weighted by Gasteiger charge is -2.46. The molecule has 3 unspecified atom stereocenters. The highest BCUT2D eigenvalue weighted by Gasteiger charge is 2.73. The van der Waals surface area contributed by atoms with E-state index < -0.39 is 53.7 Å². The molecule has 4 heterocycles. The third-order valence-electron chi connectivity index (χ3n) is 8.48. The van der Waals surface area contributed by atoms with Gasteiger partial charge in [-0.15, -0.1) is 0 Å². The number of fused-ring (bicyclic) bond motifs is 3. The Morgan fingerprint density at radius 3 is 2.27 bits per heavy atom. The molecule has 4 atom stereocenters. The lowest BCUT2D eigenvalue weighted by atomic mass is 9.79. The maximum absolute atomic E-state index is 14.3. The standard InChI is InChI=1S/C31H29N3O7/c1-18-9-14-22(41-18)27-25-26(29(38)33(28(25)37)17-24(36)40-3)31(2)30(39)32(16-23(35)34(27)31)15-19-10-12-21(13-11-19)20-7-5-4-6-8-20/h4-14,25-27H,15-17H2,1-3H3/t25?,26?,27?,31-/m1/s1. The predicted octanol–water partition coefficient (Wildman–Crippen LogP) is 2.71. The molecule has 3 aliphatic heterocycles. The first-order valence-electron chi connectivity index (χ1n) is 13.4. The second kappa shape index (κ2) is 9.72. The number of imide groups is 1. The SMILES string of the molecule is COC(=O)CN1C(=O)C2C(c3ccc(C)o3)N3C(=O)CN(Cc4ccc(-c5ccccc5)cc4)C(=O)[C@@]3(C)C2C1=O. The summed E-state index contributed by atoms with van der Waals surface area (Å²) in [5.74, 6) is -4.30. The van der Waals surface area contributed by atoms with E-state index in [-0.39, 0.29) is 19.0 Å². The monoisotopic (exact) mass is 555 g/mol. The summed E-state index contributed by atoms with van der Waals surface area (Å²) in [6.07, 6.45) is 0. The van der Waals surface area contributed by atoms with Crippen LogP contribution in [0.1, 0.15) is 30.0 Å². The molecule has 10 heteroatoms. The number of carbonyl (C=O) groups is 5. The molecular weight excluding hydrogens is 526 g/mol. The Kier molecular flexibility index (Phi) is 6.28. The van der Waals surface area contributed by atoms with E-state index in [0.29, 0.717) is 11.5 Å². The molecule has 3 saturated heterocycles. The van der Waals surface area contributed by atoms with Gasteiger partial charge in [0.2, 0.25) is 23.6 Å². The minimum atomic E-state index is -1.66. The molecule has 0 aliphatic carbocycles. The van der Waals surface area contributed by atoms with Crippen molar-refractivity contribution in [2.24, 2.45) is 11.8 Å². The van der Waals surface area contributed by atoms with Gasteiger partial charge in [0.25, 0.3) is 0 Å². The fourth-order valence-electron chi connectivity index (χ4n) is 6.59. The summed E-state index contributed by atoms with van der Waals surface area (Å²) in [6.45, 7) is 2.64. The Labute approximate surface area is 236 Å². The largest absolute Gasteiger partial charge is 0.468 e. The Hall–Kier alpha value is -4.73. The molecule has 1 aromatic heterocycles. The Balaban J connectivity index is 1.35. The van der Waals surface area contributed by atoms with Crippen LogP contribution < -0.4 is 0 Å². The summed E-state index contributed by atoms with van der Waals surface area (Å²) in [7, 11) is 1.17. The van der Waals surface area contributed by atoms with Crippen molar-refractivity contribution in [2.45, 2.75) is 32.0 Å². The molecule has 0 spiro atoms. The lowest BCUT2D eigenvalue weighted by molar-refractivity contribution is -0.169. The maximum Gasteiger partial charge on any atom is 0.325 e. The molecule has 3 fully saturated rings. The molecule has 3 aliphatic rings. The number of piperazine rings is 1. The van der Waals surface area contributed by atoms with Crippen molar-refractivity contribution in [1.82, 2.24) is 14.7 Å². The van der Waals surface area contributed by atoms with Gasteiger partial charge < -0.3 is 19.0 Å². The number of aryl methyl sites for hydroxylation is 1. The topological polar surface area (TPSA) is 117 Å². The quantitative estimate of drug-likeness (QED) is 0.339. The van der Waals surface area contributed by atoms with Crippen molar-refractivity contribution in [2.75, 3.05) is 20.2 Å². The van der Waals surface area contributed by atoms with Crippen molar-refractivity contribution in [3.63, 3.8) is 0 Å². The number of ether oxygens (including phenoxy) is 1. The van der Waals surface area contributed by atoms with Gasteiger partial charge in [0.05, 0.1) is 18.9 Å². The second-order valence-corrected chi connectivity index (χ2v) is 10.9. The van der Waals surface area contributed by atoms with E-state index in [1.807, 2.05) is 54.6 Å². The van der Waals surface area contributed by atoms with Crippen molar-refractivity contribution >= 4 is 29.6 Å². The molecule has 3 aromatic rings. The Bertz CT molecular complexity index is 1560. The van der Waals surface area contributed by atoms with Crippen molar-refractivity contribution < 1.29 is 33.1 Å². The highest BCUT2D eigenvalue weighted by atomic mass is 16.5. The average Bonchev–Trinajstić information content (AvgIpc) is 3.60. The van der Waals surface area contributed by atoms with Crippen LogP contribution in [0.5, 0.6) is 0 Å². The number of hydrogen-bond acceptors (Lipinski definition) is 7. The van der Waals surface area contributed by atoms with Crippen LogP contribution in [0.15, 0.2) is 71.1 Å². The van der Waals surface area contributed by atoms with Crippen LogP contribution in [0.3, 0.4) is 0 Å². The molecule has 0 bridgehead atoms. The van der Waals surface area contributed by atoms with E-state index in [2.05, 4.69) is 0 Å². The summed E-state index contributed by atoms with van der Waals surface area (Å²) in [4.78, 5) is 71.1. The molecule has 4 amide bonds. The van der Waals surface area contributed by atoms with Crippen LogP contribution in [0.2, 0.25) is 0 Å². The zero-order chi connectivity index (χ0) is 29.1. The van der Waals surface area contributed by atoms with E-state index in [1.165, 1.54) is 23.8 Å². The number of esters is 1. The first kappa shape index (κ1) is 26.5. The van der Waals surface area contributed by atoms with Gasteiger partial charge in [-0.3, -0.25) is 28.9 Å². The smallest absolute Gasteiger partial charge is 0.325 e. The summed E-state index contributed by atoms with van der Waals surface area (Å²) >= 11 is 0. The summed E-state index contributed by atoms with van der Waals surface area (Å²) in [6, 6.07) is 20.0. The Morgan fingerprint density at radius 2 is 1.63 bits per heavy atom. The van der Waals surface area contributed by atoms with E-state index in [4.69, 9.17) is 9.15 Å². The average molecular weight is 556 g/mol. The first-order chi connectivity index (χ1) is 19.6. The number of carbonyl (C=O) groups excluding carboxylic acids is 5. The zero-order valence-electron chi connectivity index (χ0n) is 22.9. The number of furan rings is 1. The van der Waals surface area contributed by atoms with Crippen LogP contribution in [0.4, 0.5) is 0 Å². The maximum atomic E-state index is 14.3. The normalized spacial score (nSPS) is 25.5. The Morgan fingerprint density at radius 1 is 0.951 bits per heavy atom. The van der Waals surface area contributed by atoms with Crippen molar-refractivity contribution in [3.05, 3.63) is 83.8 Å². The highest BCUT2D eigenvalue weighted by molar-refractivity contribution is 6.13. The number of likely N-dealkylation sites (tertiary alicyclic amines) is 1. The van der Waals surface area contributed by atoms with E-state index in [1.54, 1.807) is 19.1 Å². The van der Waals surface area contributed by atoms with Crippen molar-refractivity contribution in [1.29, 1.82) is 0 Å². The fourth-order valence-corrected chi connectivity index (χ4v) is 6.59. The third-order valence-corrected chi connectivity index (χ3v) is 8.48. The number of rotatable bonds is 6. The van der Waals surface area contributed by atoms with Gasteiger partial charge in [0.1, 0.15) is 36.2 Å². The highest BCUT2D eigenvalue weighted by Crippen LogP contribution is 2.56. The predicted molar refractivity (Wildman–Crippen MR) is 144 cm³/mol. The van der Waals surface area contributed by atoms with Gasteiger partial charge >= 0.3 is 5.97 Å². The van der Waals surface area contributed by atoms with Gasteiger partial charge in [-0.1, -0.05) is 54.6 Å². The minimum Gasteiger partial charge on any atom is -0.468 e. The van der Waals surface area contributed by atoms with Crippen LogP contribution in [0.25, 0.3) is 11.1 Å². The lowest BCUT2D eigenvalue weighted by Crippen LogP contribution is -2.67. The molecule has 210 valence electrons. The van der Waals surface area contributed by atoms with Gasteiger partial charge in [0.15, 0.2) is 0 Å². The van der Waals surface area contributed by atoms with Crippen LogP contribution in [-0.4, -0.2) is 70.0 Å². The number of hydrogen-bond donors (Lipinski definition) is 0. The van der Waals surface area contributed by atoms with E-state index in [0.717, 1.165) is 21.6 Å². The molecule has 0 radical (unpaired) electrons. The number of amides is 4. The summed E-state index contributed by atoms with van der Waals surface area (Å²) in [5, 5.41) is 0. The van der Waals surface area contributed by atoms with Crippen LogP contribution in [-0.2, 0) is 35.3 Å². The summed E-state index contributed by atoms with van der Waals surface area (Å²) < 4.78 is 10.5. The van der Waals surface area contributed by atoms with Gasteiger partial charge in [-0.2, -0.15) is 0 Å². The molecule has 2 aromatic carbocycles. The molecule has 6 rings (SSSR count). The van der Waals surface area contributed by atoms with Gasteiger partial charge in [-0.05, 0) is 42.7 Å². The molecule has 41 heavy (non-hydrogen) atoms. The molecule has 0 saturated carbocycles. The minimum absolute atomic E-state index is 0.152. The number of nitrogens with zero attached hydrogens (tertiary/aromatic N) is 3. The zero-order valence-corrected chi connectivity index (χ0v) is 22.9. The fraction of sp³-hybridized carbons (Fsp3) is 0.323. The second-order valence-electron chi connectivity index (χ2n) is 10.9. The van der Waals surface area contributed by atoms with E-state index in [9.17, 15) is 24.0 Å². The third kappa shape index (κ3) is 4.04. The van der Waals surface area contributed by atoms with Crippen LogP contribution in [0, 0.1) is 18.8 Å². The molecule has 10 nitrogen and oxygen atoms in total. The molecular formula is C31H29N3O7. The van der Waals surface area contributed by atoms with Gasteiger partial charge in [-0.25, -0.2) is 0 Å². The van der Waals surface area contributed by atoms with Gasteiger partial charge in [0, 0.05) is 6.54 Å². The first-order valence-corrected chi connectivity index (χ1v) is 13.4. The van der Waals surface area contributed by atoms with Crippen molar-refractivity contribution in [3.8, 4) is 11.1 Å². The summed E-state index contributed by atoms with van der Waals surface area (Å²) in [5.41, 5.74) is 1.23. The number of methoxy groups -OCH3 is 1. The van der Waals surface area contributed by atoms with E-state index >= 15 is 0 Å².